The maximum atomic E-state index is 10.5. The molecule has 90 valence electrons. The highest BCUT2D eigenvalue weighted by Gasteiger charge is 2.10. The van der Waals surface area contributed by atoms with Crippen molar-refractivity contribution in [1.29, 1.82) is 0 Å². The van der Waals surface area contributed by atoms with Crippen molar-refractivity contribution in [3.8, 4) is 0 Å². The molecule has 0 aliphatic carbocycles. The molecule has 0 aliphatic rings. The first kappa shape index (κ1) is 11.8. The largest absolute Gasteiger partial charge is 0.481 e. The van der Waals surface area contributed by atoms with Gasteiger partial charge in [0.05, 0.1) is 16.6 Å². The molecule has 0 aliphatic heterocycles. The van der Waals surface area contributed by atoms with E-state index in [1.165, 1.54) is 11.3 Å². The van der Waals surface area contributed by atoms with Gasteiger partial charge in [-0.1, -0.05) is 17.4 Å². The number of carboxylic acid groups (broad SMARTS) is 1. The molecule has 1 atom stereocenters. The number of aromatic nitrogens is 1. The van der Waals surface area contributed by atoms with E-state index in [4.69, 9.17) is 16.6 Å². The molecule has 1 aromatic heterocycles. The van der Waals surface area contributed by atoms with Gasteiger partial charge in [-0.25, -0.2) is 4.98 Å². The van der Waals surface area contributed by atoms with E-state index in [9.17, 15) is 4.79 Å². The topological polar surface area (TPSA) is 102 Å². The molecule has 0 bridgehead atoms. The minimum atomic E-state index is -0.874. The number of carboxylic acids is 1. The Labute approximate surface area is 102 Å². The summed E-state index contributed by atoms with van der Waals surface area (Å²) in [6.07, 6.45) is 0.517. The maximum absolute atomic E-state index is 10.5. The molecule has 2 rings (SSSR count). The molecule has 5 N–H and O–H groups in total. The second-order valence-corrected chi connectivity index (χ2v) is 4.98. The Kier molecular flexibility index (Phi) is 3.26. The van der Waals surface area contributed by atoms with Crippen LogP contribution in [0.15, 0.2) is 18.2 Å². The van der Waals surface area contributed by atoms with Crippen LogP contribution in [-0.2, 0) is 11.2 Å². The molecule has 0 amide bonds. The molecule has 2 aromatic rings. The highest BCUT2D eigenvalue weighted by Crippen LogP contribution is 2.25. The zero-order valence-electron chi connectivity index (χ0n) is 9.09. The number of rotatable bonds is 4. The number of aliphatic carboxylic acids is 1. The first-order valence-electron chi connectivity index (χ1n) is 5.17. The number of carbonyl (C=O) groups is 1. The molecule has 1 heterocycles. The summed E-state index contributed by atoms with van der Waals surface area (Å²) >= 11 is 1.42. The van der Waals surface area contributed by atoms with E-state index in [0.29, 0.717) is 11.6 Å². The average Bonchev–Trinajstić information content (AvgIpc) is 2.55. The van der Waals surface area contributed by atoms with E-state index in [-0.39, 0.29) is 12.5 Å². The van der Waals surface area contributed by atoms with Crippen LogP contribution in [0.5, 0.6) is 0 Å². The van der Waals surface area contributed by atoms with Gasteiger partial charge in [0.25, 0.3) is 0 Å². The molecule has 1 unspecified atom stereocenters. The molecule has 17 heavy (non-hydrogen) atoms. The Morgan fingerprint density at radius 1 is 1.53 bits per heavy atom. The minimum absolute atomic E-state index is 0.0249. The van der Waals surface area contributed by atoms with Crippen molar-refractivity contribution in [1.82, 2.24) is 4.98 Å². The van der Waals surface area contributed by atoms with Gasteiger partial charge in [-0.05, 0) is 24.1 Å². The number of thiazole rings is 1. The standard InChI is InChI=1S/C11H13N3O2S/c12-7(5-10(15)16)3-6-1-2-8-9(4-6)17-11(13)14-8/h1-2,4,7H,3,5,12H2,(H2,13,14)(H,15,16). The predicted octanol–water partition coefficient (Wildman–Crippen LogP) is 1.22. The fraction of sp³-hybridized carbons (Fsp3) is 0.273. The highest BCUT2D eigenvalue weighted by molar-refractivity contribution is 7.22. The Balaban J connectivity index is 2.16. The molecule has 0 saturated carbocycles. The molecule has 1 aromatic carbocycles. The predicted molar refractivity (Wildman–Crippen MR) is 68.0 cm³/mol. The molecule has 0 fully saturated rings. The molecular weight excluding hydrogens is 238 g/mol. The summed E-state index contributed by atoms with van der Waals surface area (Å²) in [5.41, 5.74) is 13.2. The SMILES string of the molecule is Nc1nc2ccc(CC(N)CC(=O)O)cc2s1. The molecular formula is C11H13N3O2S. The van der Waals surface area contributed by atoms with Crippen molar-refractivity contribution in [2.24, 2.45) is 5.73 Å². The van der Waals surface area contributed by atoms with E-state index < -0.39 is 5.97 Å². The van der Waals surface area contributed by atoms with Crippen LogP contribution in [0.25, 0.3) is 10.2 Å². The average molecular weight is 251 g/mol. The van der Waals surface area contributed by atoms with Crippen molar-refractivity contribution in [2.75, 3.05) is 5.73 Å². The molecule has 0 spiro atoms. The quantitative estimate of drug-likeness (QED) is 0.758. The van der Waals surface area contributed by atoms with Gasteiger partial charge < -0.3 is 16.6 Å². The number of nitrogens with two attached hydrogens (primary N) is 2. The zero-order chi connectivity index (χ0) is 12.4. The maximum Gasteiger partial charge on any atom is 0.304 e. The summed E-state index contributed by atoms with van der Waals surface area (Å²) in [4.78, 5) is 14.7. The Morgan fingerprint density at radius 3 is 3.00 bits per heavy atom. The van der Waals surface area contributed by atoms with Crippen LogP contribution in [0, 0.1) is 0 Å². The number of nitrogens with zero attached hydrogens (tertiary/aromatic N) is 1. The Hall–Kier alpha value is -1.66. The van der Waals surface area contributed by atoms with Crippen molar-refractivity contribution in [3.63, 3.8) is 0 Å². The fourth-order valence-corrected chi connectivity index (χ4v) is 2.51. The van der Waals surface area contributed by atoms with Crippen molar-refractivity contribution in [2.45, 2.75) is 18.9 Å². The van der Waals surface area contributed by atoms with Gasteiger partial charge in [0.2, 0.25) is 0 Å². The summed E-state index contributed by atoms with van der Waals surface area (Å²) in [5.74, 6) is -0.874. The van der Waals surface area contributed by atoms with Crippen LogP contribution in [0.1, 0.15) is 12.0 Å². The van der Waals surface area contributed by atoms with Gasteiger partial charge in [-0.3, -0.25) is 4.79 Å². The summed E-state index contributed by atoms with van der Waals surface area (Å²) in [7, 11) is 0. The Bertz CT molecular complexity index is 553. The lowest BCUT2D eigenvalue weighted by atomic mass is 10.0. The normalized spacial score (nSPS) is 12.8. The third kappa shape index (κ3) is 2.92. The lowest BCUT2D eigenvalue weighted by molar-refractivity contribution is -0.137. The summed E-state index contributed by atoms with van der Waals surface area (Å²) < 4.78 is 1.00. The highest BCUT2D eigenvalue weighted by atomic mass is 32.1. The third-order valence-electron chi connectivity index (χ3n) is 2.40. The number of benzene rings is 1. The van der Waals surface area contributed by atoms with E-state index in [1.54, 1.807) is 0 Å². The van der Waals surface area contributed by atoms with Crippen molar-refractivity contribution >= 4 is 32.7 Å². The summed E-state index contributed by atoms with van der Waals surface area (Å²) in [5, 5.41) is 9.17. The number of nitrogen functional groups attached to an aromatic ring is 1. The third-order valence-corrected chi connectivity index (χ3v) is 3.25. The molecule has 6 heteroatoms. The van der Waals surface area contributed by atoms with Crippen LogP contribution >= 0.6 is 11.3 Å². The summed E-state index contributed by atoms with van der Waals surface area (Å²) in [6.45, 7) is 0. The fourth-order valence-electron chi connectivity index (χ4n) is 1.71. The number of hydrogen-bond acceptors (Lipinski definition) is 5. The molecule has 0 radical (unpaired) electrons. The first-order chi connectivity index (χ1) is 8.04. The first-order valence-corrected chi connectivity index (χ1v) is 5.98. The van der Waals surface area contributed by atoms with Crippen LogP contribution in [-0.4, -0.2) is 22.1 Å². The Morgan fingerprint density at radius 2 is 2.29 bits per heavy atom. The number of anilines is 1. The second kappa shape index (κ2) is 4.68. The second-order valence-electron chi connectivity index (χ2n) is 3.92. The van der Waals surface area contributed by atoms with Crippen LogP contribution in [0.3, 0.4) is 0 Å². The number of hydrogen-bond donors (Lipinski definition) is 3. The molecule has 5 nitrogen and oxygen atoms in total. The van der Waals surface area contributed by atoms with Gasteiger partial charge in [0.1, 0.15) is 0 Å². The van der Waals surface area contributed by atoms with Crippen LogP contribution in [0.4, 0.5) is 5.13 Å². The smallest absolute Gasteiger partial charge is 0.304 e. The van der Waals surface area contributed by atoms with Gasteiger partial charge >= 0.3 is 5.97 Å². The van der Waals surface area contributed by atoms with Crippen LogP contribution in [0.2, 0.25) is 0 Å². The van der Waals surface area contributed by atoms with Gasteiger partial charge in [0, 0.05) is 6.04 Å². The van der Waals surface area contributed by atoms with E-state index in [0.717, 1.165) is 15.8 Å². The van der Waals surface area contributed by atoms with Crippen LogP contribution < -0.4 is 11.5 Å². The number of fused-ring (bicyclic) bond motifs is 1. The van der Waals surface area contributed by atoms with Gasteiger partial charge in [0.15, 0.2) is 5.13 Å². The van der Waals surface area contributed by atoms with E-state index >= 15 is 0 Å². The van der Waals surface area contributed by atoms with Crippen molar-refractivity contribution in [3.05, 3.63) is 23.8 Å². The lowest BCUT2D eigenvalue weighted by Gasteiger charge is -2.08. The monoisotopic (exact) mass is 251 g/mol. The summed E-state index contributed by atoms with van der Waals surface area (Å²) in [6, 6.07) is 5.38. The molecule has 0 saturated heterocycles. The van der Waals surface area contributed by atoms with Gasteiger partial charge in [-0.2, -0.15) is 0 Å². The van der Waals surface area contributed by atoms with E-state index in [1.807, 2.05) is 18.2 Å². The lowest BCUT2D eigenvalue weighted by Crippen LogP contribution is -2.26. The van der Waals surface area contributed by atoms with E-state index in [2.05, 4.69) is 4.98 Å². The zero-order valence-corrected chi connectivity index (χ0v) is 9.91. The van der Waals surface area contributed by atoms with Crippen molar-refractivity contribution < 1.29 is 9.90 Å². The minimum Gasteiger partial charge on any atom is -0.481 e. The van der Waals surface area contributed by atoms with Gasteiger partial charge in [-0.15, -0.1) is 0 Å².